The Morgan fingerprint density at radius 1 is 0.976 bits per heavy atom. The fourth-order valence-corrected chi connectivity index (χ4v) is 5.98. The zero-order chi connectivity index (χ0) is 28.7. The third-order valence-corrected chi connectivity index (χ3v) is 8.21. The van der Waals surface area contributed by atoms with Crippen LogP contribution in [0.1, 0.15) is 34.1 Å². The van der Waals surface area contributed by atoms with Crippen LogP contribution in [0.25, 0.3) is 22.2 Å². The molecule has 0 saturated carbocycles. The van der Waals surface area contributed by atoms with Crippen LogP contribution in [0.3, 0.4) is 0 Å². The molecule has 0 bridgehead atoms. The second-order valence-corrected chi connectivity index (χ2v) is 11.2. The van der Waals surface area contributed by atoms with E-state index in [2.05, 4.69) is 15.9 Å². The van der Waals surface area contributed by atoms with Crippen LogP contribution in [0.5, 0.6) is 0 Å². The van der Waals surface area contributed by atoms with E-state index in [4.69, 9.17) is 9.72 Å². The number of carbonyl (C=O) groups excluding carboxylic acids is 4. The molecule has 3 aromatic carbocycles. The third-order valence-electron chi connectivity index (χ3n) is 7.71. The lowest BCUT2D eigenvalue weighted by Crippen LogP contribution is -2.31. The maximum atomic E-state index is 13.2. The van der Waals surface area contributed by atoms with Crippen LogP contribution in [0.2, 0.25) is 0 Å². The molecule has 0 radical (unpaired) electrons. The first-order valence-corrected chi connectivity index (χ1v) is 14.1. The molecule has 7 nitrogen and oxygen atoms in total. The third kappa shape index (κ3) is 5.00. The smallest absolute Gasteiger partial charge is 0.339 e. The fourth-order valence-electron chi connectivity index (χ4n) is 5.61. The molecule has 2 amide bonds. The van der Waals surface area contributed by atoms with E-state index in [9.17, 15) is 19.2 Å². The van der Waals surface area contributed by atoms with Gasteiger partial charge in [-0.15, -0.1) is 0 Å². The molecule has 2 aliphatic rings. The number of imide groups is 1. The lowest BCUT2D eigenvalue weighted by Gasteiger charge is -2.22. The van der Waals surface area contributed by atoms with Gasteiger partial charge in [0.05, 0.1) is 34.3 Å². The van der Waals surface area contributed by atoms with Crippen molar-refractivity contribution in [1.82, 2.24) is 4.98 Å². The van der Waals surface area contributed by atoms with E-state index < -0.39 is 12.6 Å². The Hall–Kier alpha value is -4.43. The van der Waals surface area contributed by atoms with Crippen molar-refractivity contribution in [3.8, 4) is 11.3 Å². The molecule has 41 heavy (non-hydrogen) atoms. The number of hydrogen-bond donors (Lipinski definition) is 0. The van der Waals surface area contributed by atoms with Gasteiger partial charge in [-0.25, -0.2) is 9.78 Å². The highest BCUT2D eigenvalue weighted by molar-refractivity contribution is 9.10. The summed E-state index contributed by atoms with van der Waals surface area (Å²) in [5, 5.41) is 0.579. The Balaban J connectivity index is 1.29. The summed E-state index contributed by atoms with van der Waals surface area (Å²) in [6.45, 7) is 1.58. The molecule has 0 spiro atoms. The maximum Gasteiger partial charge on any atom is 0.339 e. The van der Waals surface area contributed by atoms with Gasteiger partial charge in [-0.1, -0.05) is 77.5 Å². The minimum Gasteiger partial charge on any atom is -0.454 e. The molecule has 0 N–H and O–H groups in total. The van der Waals surface area contributed by atoms with Crippen LogP contribution < -0.4 is 4.90 Å². The van der Waals surface area contributed by atoms with E-state index in [-0.39, 0.29) is 40.9 Å². The number of ketones is 1. The monoisotopic (exact) mass is 608 g/mol. The van der Waals surface area contributed by atoms with Crippen LogP contribution in [0.15, 0.2) is 95.5 Å². The van der Waals surface area contributed by atoms with Crippen molar-refractivity contribution in [2.24, 2.45) is 17.8 Å². The number of pyridine rings is 1. The molecule has 4 aromatic rings. The van der Waals surface area contributed by atoms with E-state index in [1.807, 2.05) is 31.2 Å². The number of fused-ring (bicyclic) bond motifs is 2. The van der Waals surface area contributed by atoms with Gasteiger partial charge in [-0.3, -0.25) is 19.3 Å². The zero-order valence-electron chi connectivity index (χ0n) is 22.1. The Morgan fingerprint density at radius 3 is 2.46 bits per heavy atom. The summed E-state index contributed by atoms with van der Waals surface area (Å²) in [6.07, 6.45) is 4.55. The van der Waals surface area contributed by atoms with Gasteiger partial charge in [0.15, 0.2) is 12.4 Å². The SMILES string of the molecule is C[C@@H]1C=CC[C@@H]2C(=O)N(c3ccc(-c4cc(C(=O)OCC(=O)c5ccccc5)c5cc(Br)ccc5n4)cc3)C(=O)[C@H]12. The molecule has 1 aliphatic heterocycles. The molecule has 204 valence electrons. The number of anilines is 1. The minimum atomic E-state index is -0.642. The van der Waals surface area contributed by atoms with Crippen molar-refractivity contribution in [3.63, 3.8) is 0 Å². The van der Waals surface area contributed by atoms with E-state index in [1.165, 1.54) is 4.90 Å². The van der Waals surface area contributed by atoms with E-state index in [1.54, 1.807) is 66.7 Å². The highest BCUT2D eigenvalue weighted by Gasteiger charge is 2.50. The van der Waals surface area contributed by atoms with Crippen LogP contribution >= 0.6 is 15.9 Å². The second-order valence-electron chi connectivity index (χ2n) is 10.3. The lowest BCUT2D eigenvalue weighted by molar-refractivity contribution is -0.122. The van der Waals surface area contributed by atoms with Crippen molar-refractivity contribution in [3.05, 3.63) is 107 Å². The van der Waals surface area contributed by atoms with Gasteiger partial charge in [0, 0.05) is 21.0 Å². The number of rotatable bonds is 6. The molecular weight excluding hydrogens is 584 g/mol. The number of Topliss-reactive ketones (excluding diaryl/α,β-unsaturated/α-hetero) is 1. The standard InChI is InChI=1S/C33H25BrN2O5/c1-19-6-5-9-24-30(19)32(39)36(31(24)38)23-13-10-20(11-14-23)28-17-26(25-16-22(34)12-15-27(25)35-28)33(40)41-18-29(37)21-7-3-2-4-8-21/h2-8,10-17,19,24,30H,9,18H2,1H3/t19-,24+,30-/m1/s1. The number of allylic oxidation sites excluding steroid dienone is 2. The minimum absolute atomic E-state index is 0.0115. The first-order chi connectivity index (χ1) is 19.8. The van der Waals surface area contributed by atoms with Crippen LogP contribution in [0, 0.1) is 17.8 Å². The van der Waals surface area contributed by atoms with Crippen molar-refractivity contribution in [2.75, 3.05) is 11.5 Å². The predicted octanol–water partition coefficient (Wildman–Crippen LogP) is 6.41. The van der Waals surface area contributed by atoms with Crippen LogP contribution in [-0.2, 0) is 14.3 Å². The Morgan fingerprint density at radius 2 is 1.73 bits per heavy atom. The fraction of sp³-hybridized carbons (Fsp3) is 0.182. The van der Waals surface area contributed by atoms with Gasteiger partial charge in [-0.05, 0) is 48.7 Å². The molecule has 6 rings (SSSR count). The number of carbonyl (C=O) groups is 4. The summed E-state index contributed by atoms with van der Waals surface area (Å²) in [5.74, 6) is -1.94. The molecule has 8 heteroatoms. The highest BCUT2D eigenvalue weighted by atomic mass is 79.9. The van der Waals surface area contributed by atoms with Crippen molar-refractivity contribution < 1.29 is 23.9 Å². The van der Waals surface area contributed by atoms with Gasteiger partial charge in [0.1, 0.15) is 0 Å². The number of amides is 2. The molecule has 0 unspecified atom stereocenters. The highest BCUT2D eigenvalue weighted by Crippen LogP contribution is 2.40. The molecule has 1 aliphatic carbocycles. The number of hydrogen-bond acceptors (Lipinski definition) is 6. The lowest BCUT2D eigenvalue weighted by atomic mass is 9.78. The molecule has 1 saturated heterocycles. The van der Waals surface area contributed by atoms with Gasteiger partial charge in [0.2, 0.25) is 11.8 Å². The quantitative estimate of drug-likeness (QED) is 0.109. The topological polar surface area (TPSA) is 93.6 Å². The molecule has 3 atom stereocenters. The zero-order valence-corrected chi connectivity index (χ0v) is 23.7. The first kappa shape index (κ1) is 26.8. The summed E-state index contributed by atoms with van der Waals surface area (Å²) in [5.41, 5.74) is 3.02. The number of ether oxygens (including phenoxy) is 1. The predicted molar refractivity (Wildman–Crippen MR) is 158 cm³/mol. The number of esters is 1. The molecule has 1 aromatic heterocycles. The van der Waals surface area contributed by atoms with Crippen molar-refractivity contribution >= 4 is 56.1 Å². The van der Waals surface area contributed by atoms with Gasteiger partial charge in [-0.2, -0.15) is 0 Å². The number of nitrogens with zero attached hydrogens (tertiary/aromatic N) is 2. The van der Waals surface area contributed by atoms with Crippen LogP contribution in [0.4, 0.5) is 5.69 Å². The molecular formula is C33H25BrN2O5. The number of benzene rings is 3. The molecule has 2 heterocycles. The Kier molecular flexibility index (Phi) is 7.09. The maximum absolute atomic E-state index is 13.2. The van der Waals surface area contributed by atoms with E-state index >= 15 is 0 Å². The first-order valence-electron chi connectivity index (χ1n) is 13.3. The summed E-state index contributed by atoms with van der Waals surface area (Å²) in [7, 11) is 0. The summed E-state index contributed by atoms with van der Waals surface area (Å²) in [4.78, 5) is 58.1. The van der Waals surface area contributed by atoms with Gasteiger partial charge >= 0.3 is 5.97 Å². The number of aromatic nitrogens is 1. The normalized spacial score (nSPS) is 19.9. The van der Waals surface area contributed by atoms with Crippen LogP contribution in [-0.4, -0.2) is 35.2 Å². The Labute approximate surface area is 245 Å². The average Bonchev–Trinajstić information content (AvgIpc) is 3.25. The van der Waals surface area contributed by atoms with Crippen molar-refractivity contribution in [1.29, 1.82) is 0 Å². The largest absolute Gasteiger partial charge is 0.454 e. The van der Waals surface area contributed by atoms with E-state index in [0.717, 1.165) is 4.47 Å². The van der Waals surface area contributed by atoms with E-state index in [0.29, 0.717) is 39.8 Å². The van der Waals surface area contributed by atoms with Crippen molar-refractivity contribution in [2.45, 2.75) is 13.3 Å². The Bertz CT molecular complexity index is 1730. The summed E-state index contributed by atoms with van der Waals surface area (Å²) >= 11 is 3.45. The van der Waals surface area contributed by atoms with Gasteiger partial charge < -0.3 is 4.74 Å². The average molecular weight is 609 g/mol. The summed E-state index contributed by atoms with van der Waals surface area (Å²) in [6, 6.07) is 22.7. The number of halogens is 1. The second kappa shape index (κ2) is 10.9. The van der Waals surface area contributed by atoms with Gasteiger partial charge in [0.25, 0.3) is 0 Å². The summed E-state index contributed by atoms with van der Waals surface area (Å²) < 4.78 is 6.20. The molecule has 1 fully saturated rings.